The van der Waals surface area contributed by atoms with E-state index in [4.69, 9.17) is 0 Å². The maximum absolute atomic E-state index is 13.0. The standard InChI is InChI=1S/C13H14F3N3O/c1-3-11-9(7-19(2)18-11)12(20)8-6-17-5-4-10(8)13(14,15)16/h4-7,12,20H,3H2,1-2H3. The second-order valence-electron chi connectivity index (χ2n) is 4.42. The molecule has 0 amide bonds. The van der Waals surface area contributed by atoms with E-state index >= 15 is 0 Å². The van der Waals surface area contributed by atoms with Gasteiger partial charge in [0.1, 0.15) is 6.10 Å². The van der Waals surface area contributed by atoms with Crippen molar-refractivity contribution >= 4 is 0 Å². The third-order valence-electron chi connectivity index (χ3n) is 3.02. The molecular weight excluding hydrogens is 271 g/mol. The highest BCUT2D eigenvalue weighted by atomic mass is 19.4. The summed E-state index contributed by atoms with van der Waals surface area (Å²) in [7, 11) is 1.66. The minimum Gasteiger partial charge on any atom is -0.383 e. The number of aromatic nitrogens is 3. The Morgan fingerprint density at radius 2 is 2.05 bits per heavy atom. The summed E-state index contributed by atoms with van der Waals surface area (Å²) < 4.78 is 40.3. The van der Waals surface area contributed by atoms with Crippen molar-refractivity contribution in [2.75, 3.05) is 0 Å². The number of halogens is 3. The summed E-state index contributed by atoms with van der Waals surface area (Å²) in [6.07, 6.45) is -1.79. The van der Waals surface area contributed by atoms with Crippen molar-refractivity contribution in [1.29, 1.82) is 0 Å². The lowest BCUT2D eigenvalue weighted by Gasteiger charge is -2.16. The Bertz CT molecular complexity index is 607. The van der Waals surface area contributed by atoms with Gasteiger partial charge in [0.05, 0.1) is 11.3 Å². The van der Waals surface area contributed by atoms with Gasteiger partial charge in [-0.1, -0.05) is 6.92 Å². The average molecular weight is 285 g/mol. The Hall–Kier alpha value is -1.89. The van der Waals surface area contributed by atoms with Crippen LogP contribution < -0.4 is 0 Å². The van der Waals surface area contributed by atoms with Gasteiger partial charge in [0.15, 0.2) is 0 Å². The number of hydrogen-bond acceptors (Lipinski definition) is 3. The number of nitrogens with zero attached hydrogens (tertiary/aromatic N) is 3. The number of rotatable bonds is 3. The van der Waals surface area contributed by atoms with Crippen molar-refractivity contribution in [2.45, 2.75) is 25.6 Å². The monoisotopic (exact) mass is 285 g/mol. The van der Waals surface area contributed by atoms with Gasteiger partial charge in [0.25, 0.3) is 0 Å². The molecule has 20 heavy (non-hydrogen) atoms. The van der Waals surface area contributed by atoms with E-state index in [0.717, 1.165) is 18.5 Å². The van der Waals surface area contributed by atoms with E-state index < -0.39 is 17.8 Å². The van der Waals surface area contributed by atoms with Crippen LogP contribution in [0.3, 0.4) is 0 Å². The molecule has 0 saturated carbocycles. The van der Waals surface area contributed by atoms with Crippen molar-refractivity contribution in [1.82, 2.24) is 14.8 Å². The molecule has 2 aromatic rings. The molecule has 7 heteroatoms. The molecule has 1 N–H and O–H groups in total. The van der Waals surface area contributed by atoms with Crippen LogP contribution in [0.25, 0.3) is 0 Å². The van der Waals surface area contributed by atoms with Gasteiger partial charge in [-0.25, -0.2) is 0 Å². The van der Waals surface area contributed by atoms with Crippen LogP contribution in [0.15, 0.2) is 24.7 Å². The van der Waals surface area contributed by atoms with Crippen molar-refractivity contribution in [2.24, 2.45) is 7.05 Å². The highest BCUT2D eigenvalue weighted by Gasteiger charge is 2.35. The normalized spacial score (nSPS) is 13.5. The minimum absolute atomic E-state index is 0.261. The molecule has 2 rings (SSSR count). The topological polar surface area (TPSA) is 50.9 Å². The number of hydrogen-bond donors (Lipinski definition) is 1. The van der Waals surface area contributed by atoms with Gasteiger partial charge < -0.3 is 5.11 Å². The van der Waals surface area contributed by atoms with Gasteiger partial charge in [-0.3, -0.25) is 9.67 Å². The molecule has 1 unspecified atom stereocenters. The molecule has 0 fully saturated rings. The minimum atomic E-state index is -4.53. The summed E-state index contributed by atoms with van der Waals surface area (Å²) in [6.45, 7) is 1.83. The van der Waals surface area contributed by atoms with Crippen LogP contribution in [0.2, 0.25) is 0 Å². The van der Waals surface area contributed by atoms with Crippen LogP contribution >= 0.6 is 0 Å². The number of pyridine rings is 1. The summed E-state index contributed by atoms with van der Waals surface area (Å²) in [5.41, 5.74) is -0.209. The van der Waals surface area contributed by atoms with Crippen molar-refractivity contribution in [3.05, 3.63) is 47.0 Å². The van der Waals surface area contributed by atoms with E-state index in [1.54, 1.807) is 7.05 Å². The maximum Gasteiger partial charge on any atom is 0.416 e. The first-order valence-electron chi connectivity index (χ1n) is 6.06. The van der Waals surface area contributed by atoms with Crippen LogP contribution in [-0.4, -0.2) is 19.9 Å². The molecule has 0 aliphatic heterocycles. The second-order valence-corrected chi connectivity index (χ2v) is 4.42. The molecule has 0 radical (unpaired) electrons. The van der Waals surface area contributed by atoms with E-state index in [-0.39, 0.29) is 5.56 Å². The van der Waals surface area contributed by atoms with Crippen molar-refractivity contribution in [3.8, 4) is 0 Å². The highest BCUT2D eigenvalue weighted by Crippen LogP contribution is 2.36. The Balaban J connectivity index is 2.51. The molecule has 0 bridgehead atoms. The lowest BCUT2D eigenvalue weighted by atomic mass is 9.98. The zero-order chi connectivity index (χ0) is 14.9. The van der Waals surface area contributed by atoms with E-state index in [0.29, 0.717) is 17.7 Å². The summed E-state index contributed by atoms with van der Waals surface area (Å²) in [6, 6.07) is 0.862. The lowest BCUT2D eigenvalue weighted by molar-refractivity contribution is -0.139. The lowest BCUT2D eigenvalue weighted by Crippen LogP contribution is -2.13. The zero-order valence-corrected chi connectivity index (χ0v) is 11.0. The maximum atomic E-state index is 13.0. The molecule has 0 aliphatic carbocycles. The quantitative estimate of drug-likeness (QED) is 0.942. The van der Waals surface area contributed by atoms with Gasteiger partial charge >= 0.3 is 6.18 Å². The van der Waals surface area contributed by atoms with Crippen molar-refractivity contribution in [3.63, 3.8) is 0 Å². The van der Waals surface area contributed by atoms with Gasteiger partial charge in [-0.15, -0.1) is 0 Å². The molecule has 108 valence electrons. The fourth-order valence-corrected chi connectivity index (χ4v) is 2.11. The average Bonchev–Trinajstić information content (AvgIpc) is 2.78. The molecule has 2 heterocycles. The fraction of sp³-hybridized carbons (Fsp3) is 0.385. The predicted octanol–water partition coefficient (Wildman–Crippen LogP) is 2.48. The van der Waals surface area contributed by atoms with E-state index in [1.807, 2.05) is 6.92 Å². The van der Waals surface area contributed by atoms with Crippen LogP contribution in [0.1, 0.15) is 35.4 Å². The molecular formula is C13H14F3N3O. The number of aliphatic hydroxyl groups excluding tert-OH is 1. The highest BCUT2D eigenvalue weighted by molar-refractivity contribution is 5.36. The first-order valence-corrected chi connectivity index (χ1v) is 6.06. The summed E-state index contributed by atoms with van der Waals surface area (Å²) >= 11 is 0. The van der Waals surface area contributed by atoms with Crippen LogP contribution in [0, 0.1) is 0 Å². The van der Waals surface area contributed by atoms with Crippen LogP contribution in [-0.2, 0) is 19.6 Å². The number of alkyl halides is 3. The molecule has 2 aromatic heterocycles. The SMILES string of the molecule is CCc1nn(C)cc1C(O)c1cnccc1C(F)(F)F. The first kappa shape index (κ1) is 14.5. The van der Waals surface area contributed by atoms with Gasteiger partial charge in [0.2, 0.25) is 0 Å². The molecule has 0 saturated heterocycles. The zero-order valence-electron chi connectivity index (χ0n) is 11.0. The third-order valence-corrected chi connectivity index (χ3v) is 3.02. The van der Waals surface area contributed by atoms with Gasteiger partial charge in [0, 0.05) is 36.8 Å². The fourth-order valence-electron chi connectivity index (χ4n) is 2.11. The summed E-state index contributed by atoms with van der Waals surface area (Å²) in [4.78, 5) is 3.68. The Labute approximate surface area is 113 Å². The molecule has 1 atom stereocenters. The molecule has 0 spiro atoms. The summed E-state index contributed by atoms with van der Waals surface area (Å²) in [5.74, 6) is 0. The predicted molar refractivity (Wildman–Crippen MR) is 65.9 cm³/mol. The number of aryl methyl sites for hydroxylation is 2. The van der Waals surface area contributed by atoms with E-state index in [9.17, 15) is 18.3 Å². The molecule has 4 nitrogen and oxygen atoms in total. The Kier molecular flexibility index (Phi) is 3.80. The second kappa shape index (κ2) is 5.24. The smallest absolute Gasteiger partial charge is 0.383 e. The molecule has 0 aliphatic rings. The van der Waals surface area contributed by atoms with Crippen LogP contribution in [0.5, 0.6) is 0 Å². The summed E-state index contributed by atoms with van der Waals surface area (Å²) in [5, 5.41) is 14.4. The van der Waals surface area contributed by atoms with E-state index in [1.165, 1.54) is 10.9 Å². The Morgan fingerprint density at radius 1 is 1.35 bits per heavy atom. The third kappa shape index (κ3) is 2.67. The largest absolute Gasteiger partial charge is 0.416 e. The Morgan fingerprint density at radius 3 is 2.65 bits per heavy atom. The number of aliphatic hydroxyl groups is 1. The van der Waals surface area contributed by atoms with Crippen molar-refractivity contribution < 1.29 is 18.3 Å². The van der Waals surface area contributed by atoms with Crippen LogP contribution in [0.4, 0.5) is 13.2 Å². The molecule has 0 aromatic carbocycles. The van der Waals surface area contributed by atoms with Gasteiger partial charge in [-0.2, -0.15) is 18.3 Å². The van der Waals surface area contributed by atoms with E-state index in [2.05, 4.69) is 10.1 Å². The first-order chi connectivity index (χ1) is 9.34. The van der Waals surface area contributed by atoms with Gasteiger partial charge in [-0.05, 0) is 12.5 Å².